The van der Waals surface area contributed by atoms with Crippen molar-refractivity contribution < 1.29 is 64.1 Å². The molecule has 0 amide bonds. The molecule has 0 aromatic heterocycles. The van der Waals surface area contributed by atoms with Crippen LogP contribution < -0.4 is 0 Å². The fourth-order valence-electron chi connectivity index (χ4n) is 6.71. The molecular weight excluding hydrogens is 1000 g/mol. The molecular formula is C56H82CaO14S2. The molecule has 14 nitrogen and oxygen atoms in total. The van der Waals surface area contributed by atoms with E-state index in [2.05, 4.69) is 76.3 Å². The second-order valence-electron chi connectivity index (χ2n) is 17.3. The van der Waals surface area contributed by atoms with Crippen molar-refractivity contribution in [3.63, 3.8) is 0 Å². The van der Waals surface area contributed by atoms with Gasteiger partial charge in [0.05, 0.1) is 58.5 Å². The zero-order valence-corrected chi connectivity index (χ0v) is 48.0. The monoisotopic (exact) mass is 1080 g/mol. The Kier molecular flexibility index (Phi) is 41.4. The minimum atomic E-state index is -4.80. The third-order valence-electron chi connectivity index (χ3n) is 11.0. The predicted molar refractivity (Wildman–Crippen MR) is 286 cm³/mol. The summed E-state index contributed by atoms with van der Waals surface area (Å²) in [4.78, 5) is 49.2. The van der Waals surface area contributed by atoms with Gasteiger partial charge in [-0.05, 0) is 139 Å². The molecule has 0 saturated carbocycles. The van der Waals surface area contributed by atoms with Gasteiger partial charge >= 0.3 is 61.6 Å². The molecule has 0 aliphatic carbocycles. The van der Waals surface area contributed by atoms with Crippen molar-refractivity contribution in [2.45, 2.75) is 192 Å². The first-order valence-electron chi connectivity index (χ1n) is 26.1. The van der Waals surface area contributed by atoms with E-state index >= 15 is 0 Å². The van der Waals surface area contributed by atoms with Crippen LogP contribution in [-0.4, -0.2) is 114 Å². The normalized spacial score (nSPS) is 11.7. The van der Waals surface area contributed by atoms with E-state index in [4.69, 9.17) is 18.9 Å². The summed E-state index contributed by atoms with van der Waals surface area (Å²) in [7, 11) is -9.61. The quantitative estimate of drug-likeness (QED) is 0.0152. The van der Waals surface area contributed by atoms with Gasteiger partial charge in [-0.15, -0.1) is 0 Å². The van der Waals surface area contributed by atoms with Crippen molar-refractivity contribution in [1.29, 1.82) is 0 Å². The fraction of sp³-hybridized carbons (Fsp3) is 0.571. The SMILES string of the molecule is CCCC/C=C/CCCCOC(=O)c1ccc(S(=O)(=O)[O-])cc1C(=O)OCCCC/C=C/CCCC.CCCC/C=C/CCCCOC(=O)c1ccc(S(=O)(=O)[O-])cc1C(=O)OCCCC/C=C/CCCC.[Ca+2]. The summed E-state index contributed by atoms with van der Waals surface area (Å²) in [6.45, 7) is 9.17. The first-order chi connectivity index (χ1) is 34.6. The van der Waals surface area contributed by atoms with E-state index in [0.717, 1.165) is 152 Å². The first kappa shape index (κ1) is 69.4. The molecule has 0 radical (unpaired) electrons. The zero-order chi connectivity index (χ0) is 53.3. The van der Waals surface area contributed by atoms with Gasteiger partial charge in [-0.3, -0.25) is 0 Å². The number of carbonyl (C=O) groups is 4. The Hall–Kier alpha value is -3.64. The Morgan fingerprint density at radius 2 is 0.589 bits per heavy atom. The Bertz CT molecular complexity index is 2060. The van der Waals surface area contributed by atoms with Gasteiger partial charge in [-0.1, -0.05) is 128 Å². The van der Waals surface area contributed by atoms with Gasteiger partial charge in [0, 0.05) is 0 Å². The molecule has 0 fully saturated rings. The van der Waals surface area contributed by atoms with Gasteiger partial charge < -0.3 is 28.1 Å². The molecule has 0 aliphatic rings. The standard InChI is InChI=1S/2C28H42O7S.Ca/c2*1-3-5-7-9-11-13-15-17-21-34-27(29)25-20-19-24(36(31,32)33)23-26(25)28(30)35-22-18-16-14-12-10-8-6-4-2;/h2*9-12,19-20,23H,3-8,13-18,21-22H2,1-2H3,(H,31,32,33);/q;;+2/p-2/b2*11-9+,12-10+;. The molecule has 73 heavy (non-hydrogen) atoms. The maximum absolute atomic E-state index is 12.6. The van der Waals surface area contributed by atoms with Gasteiger partial charge in [0.2, 0.25) is 0 Å². The number of carbonyl (C=O) groups excluding carboxylic acids is 4. The van der Waals surface area contributed by atoms with Crippen LogP contribution in [0.25, 0.3) is 0 Å². The molecule has 17 heteroatoms. The Balaban J connectivity index is 0.00000140. The van der Waals surface area contributed by atoms with Crippen molar-refractivity contribution >= 4 is 81.9 Å². The van der Waals surface area contributed by atoms with Crippen LogP contribution in [0.3, 0.4) is 0 Å². The molecule has 0 bridgehead atoms. The average molecular weight is 1080 g/mol. The van der Waals surface area contributed by atoms with Crippen molar-refractivity contribution in [2.24, 2.45) is 0 Å². The molecule has 0 unspecified atom stereocenters. The Morgan fingerprint density at radius 1 is 0.370 bits per heavy atom. The number of rotatable bonds is 38. The van der Waals surface area contributed by atoms with Crippen molar-refractivity contribution in [1.82, 2.24) is 0 Å². The summed E-state index contributed by atoms with van der Waals surface area (Å²) in [5.74, 6) is -3.23. The molecule has 2 aromatic carbocycles. The van der Waals surface area contributed by atoms with Gasteiger partial charge in [0.25, 0.3) is 0 Å². The number of hydrogen-bond acceptors (Lipinski definition) is 14. The molecule has 0 spiro atoms. The van der Waals surface area contributed by atoms with E-state index in [0.29, 0.717) is 25.7 Å². The van der Waals surface area contributed by atoms with E-state index in [1.54, 1.807) is 0 Å². The largest absolute Gasteiger partial charge is 2.00 e. The maximum Gasteiger partial charge on any atom is 2.00 e. The van der Waals surface area contributed by atoms with Crippen molar-refractivity contribution in [3.8, 4) is 0 Å². The van der Waals surface area contributed by atoms with Crippen LogP contribution in [0, 0.1) is 0 Å². The van der Waals surface area contributed by atoms with Crippen molar-refractivity contribution in [2.75, 3.05) is 26.4 Å². The zero-order valence-electron chi connectivity index (χ0n) is 44.1. The second kappa shape index (κ2) is 43.6. The summed E-state index contributed by atoms with van der Waals surface area (Å²) < 4.78 is 89.7. The van der Waals surface area contributed by atoms with E-state index in [1.807, 2.05) is 0 Å². The fourth-order valence-corrected chi connectivity index (χ4v) is 7.70. The van der Waals surface area contributed by atoms with Crippen LogP contribution in [0.5, 0.6) is 0 Å². The molecule has 0 atom stereocenters. The van der Waals surface area contributed by atoms with E-state index in [9.17, 15) is 45.1 Å². The summed E-state index contributed by atoms with van der Waals surface area (Å²) in [6, 6.07) is 6.03. The summed E-state index contributed by atoms with van der Waals surface area (Å²) in [6.07, 6.45) is 40.0. The predicted octanol–water partition coefficient (Wildman–Crippen LogP) is 13.1. The van der Waals surface area contributed by atoms with Crippen LogP contribution in [0.15, 0.2) is 94.8 Å². The third kappa shape index (κ3) is 33.8. The summed E-state index contributed by atoms with van der Waals surface area (Å²) in [5, 5.41) is 0. The second-order valence-corrected chi connectivity index (χ2v) is 20.1. The van der Waals surface area contributed by atoms with E-state index < -0.39 is 53.9 Å². The number of benzene rings is 2. The topological polar surface area (TPSA) is 220 Å². The summed E-state index contributed by atoms with van der Waals surface area (Å²) >= 11 is 0. The van der Waals surface area contributed by atoms with Gasteiger partial charge in [-0.2, -0.15) is 0 Å². The first-order valence-corrected chi connectivity index (χ1v) is 28.9. The molecule has 2 rings (SSSR count). The Morgan fingerprint density at radius 3 is 0.808 bits per heavy atom. The molecule has 0 heterocycles. The Labute approximate surface area is 467 Å². The van der Waals surface area contributed by atoms with E-state index in [1.165, 1.54) is 12.8 Å². The van der Waals surface area contributed by atoms with Crippen LogP contribution in [0.4, 0.5) is 0 Å². The smallest absolute Gasteiger partial charge is 0.744 e. The molecule has 0 saturated heterocycles. The van der Waals surface area contributed by atoms with Crippen molar-refractivity contribution in [3.05, 3.63) is 107 Å². The van der Waals surface area contributed by atoms with E-state index in [-0.39, 0.29) is 86.4 Å². The third-order valence-corrected chi connectivity index (χ3v) is 12.7. The molecule has 404 valence electrons. The van der Waals surface area contributed by atoms with Crippen LogP contribution in [0.1, 0.15) is 223 Å². The minimum absolute atomic E-state index is 0. The van der Waals surface area contributed by atoms with Gasteiger partial charge in [0.15, 0.2) is 0 Å². The number of allylic oxidation sites excluding steroid dienone is 8. The average Bonchev–Trinajstić information content (AvgIpc) is 3.35. The number of hydrogen-bond donors (Lipinski definition) is 0. The van der Waals surface area contributed by atoms with Gasteiger partial charge in [0.1, 0.15) is 20.2 Å². The molecule has 2 aromatic rings. The van der Waals surface area contributed by atoms with Crippen LogP contribution in [-0.2, 0) is 39.2 Å². The minimum Gasteiger partial charge on any atom is -0.744 e. The molecule has 0 N–H and O–H groups in total. The van der Waals surface area contributed by atoms with Crippen LogP contribution in [0.2, 0.25) is 0 Å². The number of ether oxygens (including phenoxy) is 4. The maximum atomic E-state index is 12.6. The number of esters is 4. The number of unbranched alkanes of at least 4 members (excludes halogenated alkanes) is 16. The van der Waals surface area contributed by atoms with Gasteiger partial charge in [-0.25, -0.2) is 36.0 Å². The summed E-state index contributed by atoms with van der Waals surface area (Å²) in [5.41, 5.74) is -0.804. The van der Waals surface area contributed by atoms with Crippen LogP contribution >= 0.6 is 0 Å². The molecule has 0 aliphatic heterocycles.